The van der Waals surface area contributed by atoms with Crippen molar-refractivity contribution in [3.05, 3.63) is 60.2 Å². The van der Waals surface area contributed by atoms with E-state index in [1.165, 1.54) is 7.11 Å². The number of hydrogen-bond acceptors (Lipinski definition) is 4. The molecule has 0 heterocycles. The zero-order valence-corrected chi connectivity index (χ0v) is 13.9. The second-order valence-corrected chi connectivity index (χ2v) is 6.18. The molecule has 0 saturated carbocycles. The van der Waals surface area contributed by atoms with E-state index >= 15 is 0 Å². The number of esters is 1. The number of thioether (sulfide) groups is 1. The molecule has 0 aliphatic carbocycles. The summed E-state index contributed by atoms with van der Waals surface area (Å²) in [6.45, 7) is 1.88. The van der Waals surface area contributed by atoms with E-state index in [-0.39, 0.29) is 11.8 Å². The van der Waals surface area contributed by atoms with Crippen molar-refractivity contribution < 1.29 is 14.3 Å². The molecule has 0 fully saturated rings. The van der Waals surface area contributed by atoms with Crippen LogP contribution in [0.25, 0.3) is 0 Å². The van der Waals surface area contributed by atoms with E-state index in [0.717, 1.165) is 4.90 Å². The maximum atomic E-state index is 12.2. The van der Waals surface area contributed by atoms with Gasteiger partial charge in [0.05, 0.1) is 12.7 Å². The third kappa shape index (κ3) is 5.14. The highest BCUT2D eigenvalue weighted by Gasteiger charge is 2.14. The number of carbonyl (C=O) groups is 2. The molecule has 2 rings (SSSR count). The fraction of sp³-hybridized carbons (Fsp3) is 0.222. The molecule has 120 valence electrons. The summed E-state index contributed by atoms with van der Waals surface area (Å²) >= 11 is 1.64. The van der Waals surface area contributed by atoms with E-state index in [9.17, 15) is 9.59 Å². The van der Waals surface area contributed by atoms with Crippen LogP contribution in [-0.4, -0.2) is 24.7 Å². The van der Waals surface area contributed by atoms with Gasteiger partial charge in [-0.1, -0.05) is 31.2 Å². The van der Waals surface area contributed by atoms with Crippen LogP contribution in [0.3, 0.4) is 0 Å². The monoisotopic (exact) mass is 329 g/mol. The molecule has 1 unspecified atom stereocenters. The minimum absolute atomic E-state index is 0.0737. The van der Waals surface area contributed by atoms with Crippen LogP contribution >= 0.6 is 11.8 Å². The lowest BCUT2D eigenvalue weighted by molar-refractivity contribution is -0.118. The number of ether oxygens (including phenoxy) is 1. The van der Waals surface area contributed by atoms with Gasteiger partial charge in [0, 0.05) is 22.3 Å². The molecule has 5 heteroatoms. The van der Waals surface area contributed by atoms with Gasteiger partial charge >= 0.3 is 5.97 Å². The zero-order valence-electron chi connectivity index (χ0n) is 13.1. The van der Waals surface area contributed by atoms with Crippen molar-refractivity contribution in [1.29, 1.82) is 0 Å². The molecule has 0 aliphatic rings. The van der Waals surface area contributed by atoms with E-state index in [1.807, 2.05) is 37.3 Å². The highest BCUT2D eigenvalue weighted by Crippen LogP contribution is 2.21. The lowest BCUT2D eigenvalue weighted by atomic mass is 10.1. The van der Waals surface area contributed by atoms with E-state index in [4.69, 9.17) is 0 Å². The topological polar surface area (TPSA) is 55.4 Å². The molecule has 0 spiro atoms. The minimum atomic E-state index is -0.422. The number of hydrogen-bond donors (Lipinski definition) is 1. The Bertz CT molecular complexity index is 673. The normalized spacial score (nSPS) is 11.6. The maximum Gasteiger partial charge on any atom is 0.337 e. The molecule has 1 atom stereocenters. The smallest absolute Gasteiger partial charge is 0.337 e. The van der Waals surface area contributed by atoms with Gasteiger partial charge in [-0.15, -0.1) is 11.8 Å². The van der Waals surface area contributed by atoms with Gasteiger partial charge in [-0.2, -0.15) is 0 Å². The second kappa shape index (κ2) is 8.39. The van der Waals surface area contributed by atoms with Gasteiger partial charge in [0.2, 0.25) is 5.91 Å². The van der Waals surface area contributed by atoms with Gasteiger partial charge in [-0.25, -0.2) is 4.79 Å². The fourth-order valence-corrected chi connectivity index (χ4v) is 2.86. The Hall–Kier alpha value is -2.27. The number of nitrogens with one attached hydrogen (secondary N) is 1. The van der Waals surface area contributed by atoms with Crippen molar-refractivity contribution in [3.8, 4) is 0 Å². The summed E-state index contributed by atoms with van der Waals surface area (Å²) in [4.78, 5) is 24.9. The molecular formula is C18H19NO3S. The molecular weight excluding hydrogens is 310 g/mol. The van der Waals surface area contributed by atoms with Crippen LogP contribution in [0.1, 0.15) is 17.3 Å². The Morgan fingerprint density at radius 3 is 2.57 bits per heavy atom. The summed E-state index contributed by atoms with van der Waals surface area (Å²) in [6.07, 6.45) is 0. The van der Waals surface area contributed by atoms with Crippen LogP contribution in [-0.2, 0) is 9.53 Å². The number of rotatable bonds is 6. The summed E-state index contributed by atoms with van der Waals surface area (Å²) in [6, 6.07) is 16.7. The Morgan fingerprint density at radius 2 is 1.87 bits per heavy atom. The molecule has 1 amide bonds. The van der Waals surface area contributed by atoms with Gasteiger partial charge in [0.25, 0.3) is 0 Å². The van der Waals surface area contributed by atoms with Crippen LogP contribution in [0, 0.1) is 5.92 Å². The van der Waals surface area contributed by atoms with Gasteiger partial charge in [-0.3, -0.25) is 4.79 Å². The highest BCUT2D eigenvalue weighted by atomic mass is 32.2. The lowest BCUT2D eigenvalue weighted by Gasteiger charge is -2.12. The van der Waals surface area contributed by atoms with Gasteiger partial charge in [0.15, 0.2) is 0 Å². The summed E-state index contributed by atoms with van der Waals surface area (Å²) in [5.74, 6) is 0.0400. The molecule has 0 bridgehead atoms. The third-order valence-corrected chi connectivity index (χ3v) is 4.51. The predicted molar refractivity (Wildman–Crippen MR) is 92.7 cm³/mol. The first-order valence-corrected chi connectivity index (χ1v) is 8.26. The Labute approximate surface area is 140 Å². The minimum Gasteiger partial charge on any atom is -0.465 e. The SMILES string of the molecule is COC(=O)c1cccc(NC(=O)C(C)CSc2ccccc2)c1. The Kier molecular flexibility index (Phi) is 6.23. The second-order valence-electron chi connectivity index (χ2n) is 5.09. The molecule has 23 heavy (non-hydrogen) atoms. The molecule has 0 aliphatic heterocycles. The zero-order chi connectivity index (χ0) is 16.7. The van der Waals surface area contributed by atoms with Crippen molar-refractivity contribution in [3.63, 3.8) is 0 Å². The quantitative estimate of drug-likeness (QED) is 0.646. The molecule has 0 saturated heterocycles. The number of anilines is 1. The summed E-state index contributed by atoms with van der Waals surface area (Å²) in [5.41, 5.74) is 1.01. The molecule has 2 aromatic carbocycles. The van der Waals surface area contributed by atoms with Crippen LogP contribution < -0.4 is 5.32 Å². The average molecular weight is 329 g/mol. The number of amides is 1. The Morgan fingerprint density at radius 1 is 1.13 bits per heavy atom. The van der Waals surface area contributed by atoms with Crippen LogP contribution in [0.2, 0.25) is 0 Å². The van der Waals surface area contributed by atoms with Crippen LogP contribution in [0.5, 0.6) is 0 Å². The van der Waals surface area contributed by atoms with Crippen molar-refractivity contribution in [1.82, 2.24) is 0 Å². The summed E-state index contributed by atoms with van der Waals surface area (Å²) in [5, 5.41) is 2.84. The van der Waals surface area contributed by atoms with Crippen LogP contribution in [0.4, 0.5) is 5.69 Å². The molecule has 0 radical (unpaired) electrons. The first-order valence-electron chi connectivity index (χ1n) is 7.27. The van der Waals surface area contributed by atoms with E-state index in [2.05, 4.69) is 10.1 Å². The molecule has 1 N–H and O–H groups in total. The van der Waals surface area contributed by atoms with Crippen molar-refractivity contribution in [2.24, 2.45) is 5.92 Å². The molecule has 4 nitrogen and oxygen atoms in total. The van der Waals surface area contributed by atoms with Gasteiger partial charge < -0.3 is 10.1 Å². The van der Waals surface area contributed by atoms with Gasteiger partial charge in [-0.05, 0) is 30.3 Å². The molecule has 2 aromatic rings. The number of benzene rings is 2. The fourth-order valence-electron chi connectivity index (χ4n) is 1.92. The standard InChI is InChI=1S/C18H19NO3S/c1-13(12-23-16-9-4-3-5-10-16)17(20)19-15-8-6-7-14(11-15)18(21)22-2/h3-11,13H,12H2,1-2H3,(H,19,20). The third-order valence-electron chi connectivity index (χ3n) is 3.24. The predicted octanol–water partition coefficient (Wildman–Crippen LogP) is 3.84. The average Bonchev–Trinajstić information content (AvgIpc) is 2.60. The lowest BCUT2D eigenvalue weighted by Crippen LogP contribution is -2.22. The summed E-state index contributed by atoms with van der Waals surface area (Å²) < 4.78 is 4.68. The van der Waals surface area contributed by atoms with Crippen molar-refractivity contribution in [2.45, 2.75) is 11.8 Å². The van der Waals surface area contributed by atoms with E-state index in [1.54, 1.807) is 36.0 Å². The van der Waals surface area contributed by atoms with Gasteiger partial charge in [0.1, 0.15) is 0 Å². The largest absolute Gasteiger partial charge is 0.465 e. The van der Waals surface area contributed by atoms with E-state index in [0.29, 0.717) is 17.0 Å². The maximum absolute atomic E-state index is 12.2. The Balaban J connectivity index is 1.92. The number of methoxy groups -OCH3 is 1. The molecule has 0 aromatic heterocycles. The van der Waals surface area contributed by atoms with Crippen molar-refractivity contribution >= 4 is 29.3 Å². The highest BCUT2D eigenvalue weighted by molar-refractivity contribution is 7.99. The van der Waals surface area contributed by atoms with E-state index < -0.39 is 5.97 Å². The summed E-state index contributed by atoms with van der Waals surface area (Å²) in [7, 11) is 1.33. The van der Waals surface area contributed by atoms with Crippen molar-refractivity contribution in [2.75, 3.05) is 18.2 Å². The first kappa shape index (κ1) is 17.1. The first-order chi connectivity index (χ1) is 11.1. The number of carbonyl (C=O) groups excluding carboxylic acids is 2. The van der Waals surface area contributed by atoms with Crippen LogP contribution in [0.15, 0.2) is 59.5 Å².